The number of benzene rings is 1. The number of hydrogen-bond donors (Lipinski definition) is 2. The van der Waals surface area contributed by atoms with Gasteiger partial charge in [0.05, 0.1) is 17.9 Å². The van der Waals surface area contributed by atoms with Gasteiger partial charge in [-0.15, -0.1) is 0 Å². The summed E-state index contributed by atoms with van der Waals surface area (Å²) >= 11 is 6.07. The van der Waals surface area contributed by atoms with Gasteiger partial charge in [-0.3, -0.25) is 4.79 Å². The van der Waals surface area contributed by atoms with Crippen LogP contribution in [0.3, 0.4) is 0 Å². The monoisotopic (exact) mass is 276 g/mol. The molecular formula is C13H13ClN4O. The van der Waals surface area contributed by atoms with E-state index in [2.05, 4.69) is 22.3 Å². The number of anilines is 1. The fourth-order valence-electron chi connectivity index (χ4n) is 2.55. The Morgan fingerprint density at radius 1 is 1.47 bits per heavy atom. The van der Waals surface area contributed by atoms with Gasteiger partial charge in [0.1, 0.15) is 5.02 Å². The lowest BCUT2D eigenvalue weighted by molar-refractivity contribution is 0.675. The normalized spacial score (nSPS) is 17.6. The minimum absolute atomic E-state index is 0.0253. The Hall–Kier alpha value is -1.85. The van der Waals surface area contributed by atoms with E-state index in [1.54, 1.807) is 6.20 Å². The van der Waals surface area contributed by atoms with Crippen molar-refractivity contribution in [2.75, 3.05) is 11.4 Å². The molecule has 0 fully saturated rings. The third-order valence-electron chi connectivity index (χ3n) is 3.44. The SMILES string of the molecule is NCC1c2ccccc2CN1c1cn[nH]c(=O)c1Cl. The molecule has 0 amide bonds. The zero-order valence-electron chi connectivity index (χ0n) is 10.1. The molecule has 1 aromatic heterocycles. The highest BCUT2D eigenvalue weighted by Crippen LogP contribution is 2.38. The van der Waals surface area contributed by atoms with Crippen LogP contribution in [0.1, 0.15) is 17.2 Å². The summed E-state index contributed by atoms with van der Waals surface area (Å²) in [6.45, 7) is 1.14. The first kappa shape index (κ1) is 12.2. The number of nitrogens with one attached hydrogen (secondary N) is 1. The number of nitrogens with two attached hydrogens (primary N) is 1. The maximum atomic E-state index is 11.6. The lowest BCUT2D eigenvalue weighted by Gasteiger charge is -2.26. The number of rotatable bonds is 2. The molecule has 0 saturated carbocycles. The molecule has 19 heavy (non-hydrogen) atoms. The molecule has 0 aliphatic carbocycles. The van der Waals surface area contributed by atoms with Gasteiger partial charge in [-0.2, -0.15) is 5.10 Å². The Labute approximate surface area is 115 Å². The second kappa shape index (κ2) is 4.68. The van der Waals surface area contributed by atoms with Crippen molar-refractivity contribution < 1.29 is 0 Å². The van der Waals surface area contributed by atoms with Crippen molar-refractivity contribution in [2.45, 2.75) is 12.6 Å². The van der Waals surface area contributed by atoms with Gasteiger partial charge >= 0.3 is 0 Å². The molecule has 0 bridgehead atoms. The average Bonchev–Trinajstić information content (AvgIpc) is 2.80. The first-order valence-corrected chi connectivity index (χ1v) is 6.38. The number of hydrogen-bond acceptors (Lipinski definition) is 4. The molecule has 0 spiro atoms. The summed E-state index contributed by atoms with van der Waals surface area (Å²) in [5.41, 5.74) is 8.50. The van der Waals surface area contributed by atoms with Crippen LogP contribution < -0.4 is 16.2 Å². The molecule has 0 radical (unpaired) electrons. The van der Waals surface area contributed by atoms with E-state index >= 15 is 0 Å². The van der Waals surface area contributed by atoms with Gasteiger partial charge in [0.2, 0.25) is 0 Å². The topological polar surface area (TPSA) is 75.0 Å². The summed E-state index contributed by atoms with van der Waals surface area (Å²) in [5, 5.41) is 6.29. The molecule has 1 atom stereocenters. The lowest BCUT2D eigenvalue weighted by atomic mass is 10.1. The molecule has 3 rings (SSSR count). The summed E-state index contributed by atoms with van der Waals surface area (Å²) in [7, 11) is 0. The largest absolute Gasteiger partial charge is 0.356 e. The molecule has 0 saturated heterocycles. The maximum Gasteiger partial charge on any atom is 0.285 e. The molecule has 1 aromatic carbocycles. The Kier molecular flexibility index (Phi) is 3.00. The predicted molar refractivity (Wildman–Crippen MR) is 74.3 cm³/mol. The molecule has 2 aromatic rings. The Morgan fingerprint density at radius 2 is 2.26 bits per heavy atom. The van der Waals surface area contributed by atoms with E-state index in [-0.39, 0.29) is 16.6 Å². The summed E-state index contributed by atoms with van der Waals surface area (Å²) in [5.74, 6) is 0. The van der Waals surface area contributed by atoms with E-state index in [0.717, 1.165) is 0 Å². The van der Waals surface area contributed by atoms with Crippen LogP contribution in [0.25, 0.3) is 0 Å². The average molecular weight is 277 g/mol. The van der Waals surface area contributed by atoms with Gasteiger partial charge in [-0.1, -0.05) is 35.9 Å². The van der Waals surface area contributed by atoms with Crippen LogP contribution in [0.2, 0.25) is 5.02 Å². The van der Waals surface area contributed by atoms with Crippen molar-refractivity contribution in [3.8, 4) is 0 Å². The lowest BCUT2D eigenvalue weighted by Crippen LogP contribution is -2.29. The first-order valence-electron chi connectivity index (χ1n) is 6.00. The molecule has 5 nitrogen and oxygen atoms in total. The third-order valence-corrected chi connectivity index (χ3v) is 3.81. The number of H-pyrrole nitrogens is 1. The van der Waals surface area contributed by atoms with Crippen LogP contribution in [0, 0.1) is 0 Å². The van der Waals surface area contributed by atoms with Gasteiger partial charge in [0.25, 0.3) is 5.56 Å². The van der Waals surface area contributed by atoms with Crippen molar-refractivity contribution >= 4 is 17.3 Å². The molecule has 1 aliphatic rings. The zero-order valence-corrected chi connectivity index (χ0v) is 10.9. The summed E-state index contributed by atoms with van der Waals surface area (Å²) in [4.78, 5) is 13.6. The van der Waals surface area contributed by atoms with E-state index in [1.165, 1.54) is 11.1 Å². The Balaban J connectivity index is 2.08. The molecule has 98 valence electrons. The number of halogens is 1. The smallest absolute Gasteiger partial charge is 0.285 e. The predicted octanol–water partition coefficient (Wildman–Crippen LogP) is 1.44. The van der Waals surface area contributed by atoms with Crippen molar-refractivity contribution in [3.05, 3.63) is 57.0 Å². The number of aromatic amines is 1. The van der Waals surface area contributed by atoms with Crippen molar-refractivity contribution in [3.63, 3.8) is 0 Å². The molecule has 1 unspecified atom stereocenters. The zero-order chi connectivity index (χ0) is 13.4. The second-order valence-electron chi connectivity index (χ2n) is 4.48. The maximum absolute atomic E-state index is 11.6. The Morgan fingerprint density at radius 3 is 3.05 bits per heavy atom. The molecule has 1 aliphatic heterocycles. The summed E-state index contributed by atoms with van der Waals surface area (Å²) in [6.07, 6.45) is 1.57. The molecule has 2 heterocycles. The van der Waals surface area contributed by atoms with Gasteiger partial charge in [-0.25, -0.2) is 5.10 Å². The number of aromatic nitrogens is 2. The van der Waals surface area contributed by atoms with Crippen LogP contribution in [-0.2, 0) is 6.54 Å². The highest BCUT2D eigenvalue weighted by atomic mass is 35.5. The second-order valence-corrected chi connectivity index (χ2v) is 4.85. The van der Waals surface area contributed by atoms with Gasteiger partial charge in [0, 0.05) is 13.1 Å². The van der Waals surface area contributed by atoms with E-state index in [0.29, 0.717) is 18.8 Å². The minimum Gasteiger partial charge on any atom is -0.356 e. The van der Waals surface area contributed by atoms with Gasteiger partial charge in [-0.05, 0) is 11.1 Å². The van der Waals surface area contributed by atoms with Crippen molar-refractivity contribution in [1.29, 1.82) is 0 Å². The van der Waals surface area contributed by atoms with Gasteiger partial charge in [0.15, 0.2) is 0 Å². The van der Waals surface area contributed by atoms with Crippen LogP contribution in [0.15, 0.2) is 35.3 Å². The number of nitrogens with zero attached hydrogens (tertiary/aromatic N) is 2. The highest BCUT2D eigenvalue weighted by molar-refractivity contribution is 6.33. The van der Waals surface area contributed by atoms with Crippen molar-refractivity contribution in [1.82, 2.24) is 10.2 Å². The van der Waals surface area contributed by atoms with Gasteiger partial charge < -0.3 is 10.6 Å². The minimum atomic E-state index is -0.383. The highest BCUT2D eigenvalue weighted by Gasteiger charge is 2.30. The number of fused-ring (bicyclic) bond motifs is 1. The first-order chi connectivity index (χ1) is 9.22. The molecule has 3 N–H and O–H groups in total. The third kappa shape index (κ3) is 1.91. The van der Waals surface area contributed by atoms with E-state index < -0.39 is 0 Å². The van der Waals surface area contributed by atoms with Crippen LogP contribution in [-0.4, -0.2) is 16.7 Å². The van der Waals surface area contributed by atoms with Crippen LogP contribution in [0.5, 0.6) is 0 Å². The Bertz CT molecular complexity index is 670. The van der Waals surface area contributed by atoms with E-state index in [1.807, 2.05) is 17.0 Å². The fourth-order valence-corrected chi connectivity index (χ4v) is 2.75. The fraction of sp³-hybridized carbons (Fsp3) is 0.231. The van der Waals surface area contributed by atoms with E-state index in [4.69, 9.17) is 17.3 Å². The summed E-state index contributed by atoms with van der Waals surface area (Å²) in [6, 6.07) is 8.13. The molecule has 6 heteroatoms. The molecular weight excluding hydrogens is 264 g/mol. The van der Waals surface area contributed by atoms with E-state index in [9.17, 15) is 4.79 Å². The quantitative estimate of drug-likeness (QED) is 0.870. The van der Waals surface area contributed by atoms with Crippen LogP contribution in [0.4, 0.5) is 5.69 Å². The van der Waals surface area contributed by atoms with Crippen LogP contribution >= 0.6 is 11.6 Å². The standard InChI is InChI=1S/C13H13ClN4O/c14-12-11(6-16-17-13(12)19)18-7-8-3-1-2-4-9(8)10(18)5-15/h1-4,6,10H,5,7,15H2,(H,17,19). The van der Waals surface area contributed by atoms with Crippen molar-refractivity contribution in [2.24, 2.45) is 5.73 Å². The summed E-state index contributed by atoms with van der Waals surface area (Å²) < 4.78 is 0.